The summed E-state index contributed by atoms with van der Waals surface area (Å²) in [4.78, 5) is 12.9. The third-order valence-corrected chi connectivity index (χ3v) is 3.88. The third-order valence-electron chi connectivity index (χ3n) is 2.04. The first kappa shape index (κ1) is 13.3. The second-order valence-electron chi connectivity index (χ2n) is 3.03. The Morgan fingerprint density at radius 3 is 2.67 bits per heavy atom. The molecule has 0 aliphatic carbocycles. The standard InChI is InChI=1S/C11H12Br2OS/c1-15-11-3-2-8(7-13)6-9(11)10(14)4-5-12/h2-3,6H,4-5,7H2,1H3. The lowest BCUT2D eigenvalue weighted by atomic mass is 10.1. The van der Waals surface area contributed by atoms with Gasteiger partial charge in [0.2, 0.25) is 0 Å². The Hall–Kier alpha value is 0.200. The maximum absolute atomic E-state index is 11.8. The molecule has 0 amide bonds. The molecule has 0 atom stereocenters. The lowest BCUT2D eigenvalue weighted by Gasteiger charge is -2.07. The maximum Gasteiger partial charge on any atom is 0.164 e. The van der Waals surface area contributed by atoms with Crippen molar-refractivity contribution in [3.05, 3.63) is 29.3 Å². The SMILES string of the molecule is CSc1ccc(CBr)cc1C(=O)CCBr. The van der Waals surface area contributed by atoms with E-state index in [1.807, 2.05) is 24.5 Å². The van der Waals surface area contributed by atoms with E-state index in [2.05, 4.69) is 31.9 Å². The van der Waals surface area contributed by atoms with Crippen molar-refractivity contribution in [1.82, 2.24) is 0 Å². The van der Waals surface area contributed by atoms with Crippen molar-refractivity contribution in [2.24, 2.45) is 0 Å². The smallest absolute Gasteiger partial charge is 0.164 e. The van der Waals surface area contributed by atoms with Crippen LogP contribution in [0.4, 0.5) is 0 Å². The largest absolute Gasteiger partial charge is 0.294 e. The summed E-state index contributed by atoms with van der Waals surface area (Å²) in [5, 5.41) is 1.51. The molecule has 82 valence electrons. The zero-order valence-corrected chi connectivity index (χ0v) is 12.4. The summed E-state index contributed by atoms with van der Waals surface area (Å²) in [6, 6.07) is 6.04. The van der Waals surface area contributed by atoms with Crippen LogP contribution < -0.4 is 0 Å². The average Bonchev–Trinajstić information content (AvgIpc) is 2.28. The van der Waals surface area contributed by atoms with Gasteiger partial charge in [-0.1, -0.05) is 37.9 Å². The number of hydrogen-bond donors (Lipinski definition) is 0. The molecular formula is C11H12Br2OS. The fourth-order valence-corrected chi connectivity index (χ4v) is 2.58. The number of ketones is 1. The van der Waals surface area contributed by atoms with Crippen LogP contribution in [0.25, 0.3) is 0 Å². The van der Waals surface area contributed by atoms with E-state index in [1.54, 1.807) is 11.8 Å². The maximum atomic E-state index is 11.8. The lowest BCUT2D eigenvalue weighted by Crippen LogP contribution is -2.02. The highest BCUT2D eigenvalue weighted by Gasteiger charge is 2.10. The first-order valence-electron chi connectivity index (χ1n) is 4.55. The van der Waals surface area contributed by atoms with Crippen molar-refractivity contribution in [3.8, 4) is 0 Å². The molecule has 1 rings (SSSR count). The van der Waals surface area contributed by atoms with Gasteiger partial charge in [0.05, 0.1) is 0 Å². The van der Waals surface area contributed by atoms with Crippen molar-refractivity contribution in [1.29, 1.82) is 0 Å². The predicted molar refractivity (Wildman–Crippen MR) is 73.6 cm³/mol. The Labute approximate surface area is 111 Å². The van der Waals surface area contributed by atoms with Gasteiger partial charge in [0.1, 0.15) is 0 Å². The van der Waals surface area contributed by atoms with Gasteiger partial charge in [0.15, 0.2) is 5.78 Å². The van der Waals surface area contributed by atoms with E-state index < -0.39 is 0 Å². The number of hydrogen-bond acceptors (Lipinski definition) is 2. The van der Waals surface area contributed by atoms with Crippen LogP contribution in [0, 0.1) is 0 Å². The van der Waals surface area contributed by atoms with Gasteiger partial charge in [-0.2, -0.15) is 0 Å². The van der Waals surface area contributed by atoms with Crippen molar-refractivity contribution < 1.29 is 4.79 Å². The highest BCUT2D eigenvalue weighted by atomic mass is 79.9. The van der Waals surface area contributed by atoms with E-state index in [9.17, 15) is 4.79 Å². The molecule has 0 saturated heterocycles. The van der Waals surface area contributed by atoms with Gasteiger partial charge in [0, 0.05) is 27.5 Å². The number of carbonyl (C=O) groups excluding carboxylic acids is 1. The Bertz CT molecular complexity index is 352. The van der Waals surface area contributed by atoms with Gasteiger partial charge in [-0.25, -0.2) is 0 Å². The normalized spacial score (nSPS) is 10.3. The summed E-state index contributed by atoms with van der Waals surface area (Å²) in [6.07, 6.45) is 2.55. The van der Waals surface area contributed by atoms with Crippen LogP contribution in [0.15, 0.2) is 23.1 Å². The Kier molecular flexibility index (Phi) is 5.94. The lowest BCUT2D eigenvalue weighted by molar-refractivity contribution is 0.0987. The number of Topliss-reactive ketones (excluding diaryl/α,β-unsaturated/α-hetero) is 1. The minimum absolute atomic E-state index is 0.207. The van der Waals surface area contributed by atoms with Crippen LogP contribution in [0.3, 0.4) is 0 Å². The zero-order chi connectivity index (χ0) is 11.3. The molecule has 0 saturated carbocycles. The first-order valence-corrected chi connectivity index (χ1v) is 8.01. The second-order valence-corrected chi connectivity index (χ2v) is 5.23. The first-order chi connectivity index (χ1) is 7.22. The molecule has 1 aromatic rings. The van der Waals surface area contributed by atoms with Gasteiger partial charge >= 0.3 is 0 Å². The van der Waals surface area contributed by atoms with Crippen molar-refractivity contribution in [2.45, 2.75) is 16.6 Å². The van der Waals surface area contributed by atoms with Crippen LogP contribution in [-0.4, -0.2) is 17.4 Å². The van der Waals surface area contributed by atoms with Crippen LogP contribution in [0.2, 0.25) is 0 Å². The quantitative estimate of drug-likeness (QED) is 0.447. The van der Waals surface area contributed by atoms with Gasteiger partial charge in [-0.15, -0.1) is 11.8 Å². The second kappa shape index (κ2) is 6.71. The molecular weight excluding hydrogens is 340 g/mol. The minimum Gasteiger partial charge on any atom is -0.294 e. The van der Waals surface area contributed by atoms with E-state index in [0.717, 1.165) is 26.7 Å². The highest BCUT2D eigenvalue weighted by molar-refractivity contribution is 9.09. The Morgan fingerprint density at radius 2 is 2.13 bits per heavy atom. The summed E-state index contributed by atoms with van der Waals surface area (Å²) in [7, 11) is 0. The van der Waals surface area contributed by atoms with Crippen LogP contribution >= 0.6 is 43.6 Å². The highest BCUT2D eigenvalue weighted by Crippen LogP contribution is 2.24. The molecule has 0 radical (unpaired) electrons. The third kappa shape index (κ3) is 3.61. The number of halogens is 2. The van der Waals surface area contributed by atoms with Crippen LogP contribution in [-0.2, 0) is 5.33 Å². The average molecular weight is 352 g/mol. The molecule has 1 nitrogen and oxygen atoms in total. The molecule has 0 spiro atoms. The molecule has 0 heterocycles. The molecule has 15 heavy (non-hydrogen) atoms. The summed E-state index contributed by atoms with van der Waals surface area (Å²) < 4.78 is 0. The number of benzene rings is 1. The van der Waals surface area contributed by atoms with E-state index >= 15 is 0 Å². The summed E-state index contributed by atoms with van der Waals surface area (Å²) in [6.45, 7) is 0. The predicted octanol–water partition coefficient (Wildman–Crippen LogP) is 4.27. The molecule has 0 N–H and O–H groups in total. The van der Waals surface area contributed by atoms with E-state index in [4.69, 9.17) is 0 Å². The van der Waals surface area contributed by atoms with Gasteiger partial charge in [-0.3, -0.25) is 4.79 Å². The fourth-order valence-electron chi connectivity index (χ4n) is 1.28. The summed E-state index contributed by atoms with van der Waals surface area (Å²) >= 11 is 8.31. The van der Waals surface area contributed by atoms with Gasteiger partial charge < -0.3 is 0 Å². The topological polar surface area (TPSA) is 17.1 Å². The Balaban J connectivity index is 3.05. The van der Waals surface area contributed by atoms with Crippen LogP contribution in [0.5, 0.6) is 0 Å². The molecule has 0 fully saturated rings. The van der Waals surface area contributed by atoms with Crippen molar-refractivity contribution >= 4 is 49.4 Å². The number of rotatable bonds is 5. The Morgan fingerprint density at radius 1 is 1.40 bits per heavy atom. The zero-order valence-electron chi connectivity index (χ0n) is 8.43. The molecule has 0 aliphatic heterocycles. The molecule has 0 bridgehead atoms. The summed E-state index contributed by atoms with van der Waals surface area (Å²) in [5.41, 5.74) is 1.99. The number of carbonyl (C=O) groups is 1. The molecule has 0 aliphatic rings. The van der Waals surface area contributed by atoms with Crippen molar-refractivity contribution in [2.75, 3.05) is 11.6 Å². The molecule has 4 heteroatoms. The van der Waals surface area contributed by atoms with Gasteiger partial charge in [0.25, 0.3) is 0 Å². The number of thioether (sulfide) groups is 1. The fraction of sp³-hybridized carbons (Fsp3) is 0.364. The van der Waals surface area contributed by atoms with E-state index in [-0.39, 0.29) is 5.78 Å². The van der Waals surface area contributed by atoms with E-state index in [1.165, 1.54) is 0 Å². The van der Waals surface area contributed by atoms with Crippen LogP contribution in [0.1, 0.15) is 22.3 Å². The van der Waals surface area contributed by atoms with E-state index in [0.29, 0.717) is 6.42 Å². The van der Waals surface area contributed by atoms with Gasteiger partial charge in [-0.05, 0) is 24.0 Å². The number of alkyl halides is 2. The molecule has 0 unspecified atom stereocenters. The van der Waals surface area contributed by atoms with Crippen molar-refractivity contribution in [3.63, 3.8) is 0 Å². The molecule has 1 aromatic carbocycles. The monoisotopic (exact) mass is 350 g/mol. The summed E-state index contributed by atoms with van der Waals surface area (Å²) in [5.74, 6) is 0.207. The molecule has 0 aromatic heterocycles. The minimum atomic E-state index is 0.207.